The lowest BCUT2D eigenvalue weighted by molar-refractivity contribution is 0.191. The molecule has 0 amide bonds. The summed E-state index contributed by atoms with van der Waals surface area (Å²) in [5.74, 6) is -2.06. The average molecular weight is 335 g/mol. The molecule has 0 saturated heterocycles. The van der Waals surface area contributed by atoms with Crippen molar-refractivity contribution in [3.63, 3.8) is 0 Å². The van der Waals surface area contributed by atoms with Gasteiger partial charge in [0.2, 0.25) is 10.0 Å². The van der Waals surface area contributed by atoms with E-state index in [2.05, 4.69) is 10.3 Å². The molecule has 10 heteroatoms. The highest BCUT2D eigenvalue weighted by atomic mass is 32.2. The Balaban J connectivity index is 2.02. The molecule has 1 unspecified atom stereocenters. The number of aliphatic hydroxyl groups excluding tert-OH is 1. The summed E-state index contributed by atoms with van der Waals surface area (Å²) in [6.07, 6.45) is -0.0198. The second kappa shape index (κ2) is 6.02. The largest absolute Gasteiger partial charge is 0.387 e. The number of hydrogen-bond donors (Lipinski definition) is 3. The first-order valence-corrected chi connectivity index (χ1v) is 7.99. The number of aromatic nitrogens is 1. The van der Waals surface area contributed by atoms with Gasteiger partial charge in [0, 0.05) is 6.54 Å². The zero-order valence-corrected chi connectivity index (χ0v) is 12.1. The number of sulfonamides is 1. The summed E-state index contributed by atoms with van der Waals surface area (Å²) in [7, 11) is -3.82. The molecule has 1 aromatic heterocycles. The third kappa shape index (κ3) is 3.94. The van der Waals surface area contributed by atoms with Crippen molar-refractivity contribution in [2.75, 3.05) is 11.9 Å². The van der Waals surface area contributed by atoms with Crippen LogP contribution in [0.5, 0.6) is 0 Å². The molecule has 4 N–H and O–H groups in total. The number of nitrogens with zero attached hydrogens (tertiary/aromatic N) is 1. The Labute approximate surface area is 123 Å². The van der Waals surface area contributed by atoms with E-state index < -0.39 is 27.8 Å². The number of benzene rings is 1. The van der Waals surface area contributed by atoms with E-state index in [9.17, 15) is 22.3 Å². The lowest BCUT2D eigenvalue weighted by atomic mass is 10.1. The van der Waals surface area contributed by atoms with Crippen molar-refractivity contribution in [2.45, 2.75) is 10.3 Å². The van der Waals surface area contributed by atoms with Gasteiger partial charge in [0.25, 0.3) is 0 Å². The summed E-state index contributed by atoms with van der Waals surface area (Å²) in [5.41, 5.74) is 0.185. The van der Waals surface area contributed by atoms with Gasteiger partial charge < -0.3 is 10.4 Å². The number of aliphatic hydroxyl groups is 1. The van der Waals surface area contributed by atoms with Crippen molar-refractivity contribution in [3.05, 3.63) is 41.6 Å². The van der Waals surface area contributed by atoms with Crippen LogP contribution in [0.15, 0.2) is 28.6 Å². The molecule has 0 aliphatic heterocycles. The number of primary sulfonamides is 1. The third-order valence-corrected chi connectivity index (χ3v) is 4.90. The molecular weight excluding hydrogens is 324 g/mol. The lowest BCUT2D eigenvalue weighted by Gasteiger charge is -2.11. The molecule has 21 heavy (non-hydrogen) atoms. The Hall–Kier alpha value is -1.62. The summed E-state index contributed by atoms with van der Waals surface area (Å²) in [6, 6.07) is 3.05. The second-order valence-electron chi connectivity index (χ2n) is 4.10. The molecule has 0 saturated carbocycles. The van der Waals surface area contributed by atoms with Gasteiger partial charge in [0.1, 0.15) is 0 Å². The summed E-state index contributed by atoms with van der Waals surface area (Å²) in [6.45, 7) is -0.0529. The van der Waals surface area contributed by atoms with Gasteiger partial charge in [0.15, 0.2) is 21.0 Å². The topological polar surface area (TPSA) is 105 Å². The molecule has 0 spiro atoms. The van der Waals surface area contributed by atoms with Gasteiger partial charge in [-0.25, -0.2) is 27.3 Å². The molecular formula is C11H11F2N3O3S2. The fraction of sp³-hybridized carbons (Fsp3) is 0.182. The first-order chi connectivity index (χ1) is 9.77. The Bertz CT molecular complexity index is 749. The molecule has 0 fully saturated rings. The number of anilines is 1. The fourth-order valence-electron chi connectivity index (χ4n) is 1.49. The van der Waals surface area contributed by atoms with E-state index in [1.54, 1.807) is 0 Å². The molecule has 0 bridgehead atoms. The highest BCUT2D eigenvalue weighted by Crippen LogP contribution is 2.23. The molecule has 0 aliphatic rings. The minimum atomic E-state index is -3.82. The van der Waals surface area contributed by atoms with E-state index in [1.807, 2.05) is 0 Å². The minimum Gasteiger partial charge on any atom is -0.387 e. The second-order valence-corrected chi connectivity index (χ2v) is 6.92. The lowest BCUT2D eigenvalue weighted by Crippen LogP contribution is -2.12. The zero-order valence-electron chi connectivity index (χ0n) is 10.5. The number of hydrogen-bond acceptors (Lipinski definition) is 6. The van der Waals surface area contributed by atoms with Crippen molar-refractivity contribution in [1.29, 1.82) is 0 Å². The highest BCUT2D eigenvalue weighted by Gasteiger charge is 2.14. The van der Waals surface area contributed by atoms with Crippen molar-refractivity contribution in [2.24, 2.45) is 5.14 Å². The normalized spacial score (nSPS) is 13.1. The van der Waals surface area contributed by atoms with Crippen LogP contribution >= 0.6 is 11.3 Å². The molecule has 2 rings (SSSR count). The molecule has 1 aromatic carbocycles. The van der Waals surface area contributed by atoms with Crippen molar-refractivity contribution in [3.8, 4) is 0 Å². The summed E-state index contributed by atoms with van der Waals surface area (Å²) in [5, 5.41) is 17.7. The predicted octanol–water partition coefficient (Wildman–Crippen LogP) is 1.21. The van der Waals surface area contributed by atoms with Crippen LogP contribution in [0.25, 0.3) is 0 Å². The van der Waals surface area contributed by atoms with Crippen molar-refractivity contribution >= 4 is 26.5 Å². The third-order valence-electron chi connectivity index (χ3n) is 2.54. The van der Waals surface area contributed by atoms with E-state index >= 15 is 0 Å². The average Bonchev–Trinajstić information content (AvgIpc) is 2.88. The van der Waals surface area contributed by atoms with Crippen molar-refractivity contribution in [1.82, 2.24) is 4.98 Å². The van der Waals surface area contributed by atoms with E-state index in [4.69, 9.17) is 5.14 Å². The monoisotopic (exact) mass is 335 g/mol. The maximum atomic E-state index is 13.0. The molecule has 1 heterocycles. The van der Waals surface area contributed by atoms with Gasteiger partial charge in [-0.15, -0.1) is 0 Å². The Morgan fingerprint density at radius 2 is 2.10 bits per heavy atom. The smallest absolute Gasteiger partial charge is 0.249 e. The van der Waals surface area contributed by atoms with Gasteiger partial charge in [-0.2, -0.15) is 0 Å². The van der Waals surface area contributed by atoms with Crippen LogP contribution in [0.2, 0.25) is 0 Å². The van der Waals surface area contributed by atoms with Gasteiger partial charge >= 0.3 is 0 Å². The van der Waals surface area contributed by atoms with Crippen LogP contribution < -0.4 is 10.5 Å². The van der Waals surface area contributed by atoms with E-state index in [0.29, 0.717) is 0 Å². The quantitative estimate of drug-likeness (QED) is 0.762. The van der Waals surface area contributed by atoms with E-state index in [-0.39, 0.29) is 21.4 Å². The van der Waals surface area contributed by atoms with Crippen LogP contribution in [-0.4, -0.2) is 25.1 Å². The Morgan fingerprint density at radius 1 is 1.38 bits per heavy atom. The SMILES string of the molecule is NS(=O)(=O)c1cnc(NCC(O)c2ccc(F)c(F)c2)s1. The van der Waals surface area contributed by atoms with Crippen LogP contribution in [0.4, 0.5) is 13.9 Å². The molecule has 0 aliphatic carbocycles. The summed E-state index contributed by atoms with van der Waals surface area (Å²) in [4.78, 5) is 3.78. The van der Waals surface area contributed by atoms with E-state index in [1.165, 1.54) is 6.07 Å². The van der Waals surface area contributed by atoms with Gasteiger partial charge in [0.05, 0.1) is 12.3 Å². The van der Waals surface area contributed by atoms with Crippen LogP contribution in [0.1, 0.15) is 11.7 Å². The molecule has 0 radical (unpaired) electrons. The molecule has 2 aromatic rings. The zero-order chi connectivity index (χ0) is 15.6. The standard InChI is InChI=1S/C11H11F2N3O3S2/c12-7-2-1-6(3-8(7)13)9(17)4-15-11-16-5-10(20-11)21(14,18)19/h1-3,5,9,17H,4H2,(H,15,16)(H2,14,18,19). The number of halogens is 2. The summed E-state index contributed by atoms with van der Waals surface area (Å²) >= 11 is 0.802. The minimum absolute atomic E-state index is 0.0529. The number of thiazole rings is 1. The van der Waals surface area contributed by atoms with Gasteiger partial charge in [-0.3, -0.25) is 0 Å². The van der Waals surface area contributed by atoms with Gasteiger partial charge in [-0.1, -0.05) is 17.4 Å². The number of rotatable bonds is 5. The molecule has 1 atom stereocenters. The van der Waals surface area contributed by atoms with E-state index in [0.717, 1.165) is 29.7 Å². The molecule has 114 valence electrons. The summed E-state index contributed by atoms with van der Waals surface area (Å²) < 4.78 is 47.8. The highest BCUT2D eigenvalue weighted by molar-refractivity contribution is 7.91. The fourth-order valence-corrected chi connectivity index (χ4v) is 2.95. The Kier molecular flexibility index (Phi) is 4.52. The Morgan fingerprint density at radius 3 is 2.67 bits per heavy atom. The predicted molar refractivity (Wildman–Crippen MR) is 73.3 cm³/mol. The first-order valence-electron chi connectivity index (χ1n) is 5.63. The van der Waals surface area contributed by atoms with Gasteiger partial charge in [-0.05, 0) is 17.7 Å². The maximum absolute atomic E-state index is 13.0. The number of nitrogens with one attached hydrogen (secondary N) is 1. The molecule has 6 nitrogen and oxygen atoms in total. The van der Waals surface area contributed by atoms with Crippen molar-refractivity contribution < 1.29 is 22.3 Å². The van der Waals surface area contributed by atoms with Crippen LogP contribution in [0, 0.1) is 11.6 Å². The number of nitrogens with two attached hydrogens (primary N) is 1. The first kappa shape index (κ1) is 15.8. The maximum Gasteiger partial charge on any atom is 0.249 e. The van der Waals surface area contributed by atoms with Crippen LogP contribution in [0.3, 0.4) is 0 Å². The van der Waals surface area contributed by atoms with Crippen LogP contribution in [-0.2, 0) is 10.0 Å².